The van der Waals surface area contributed by atoms with Crippen LogP contribution in [0.4, 0.5) is 4.39 Å². The lowest BCUT2D eigenvalue weighted by atomic mass is 9.69. The first-order chi connectivity index (χ1) is 12.5. The Kier molecular flexibility index (Phi) is 6.29. The van der Waals surface area contributed by atoms with Crippen molar-refractivity contribution < 1.29 is 13.9 Å². The predicted molar refractivity (Wildman–Crippen MR) is 102 cm³/mol. The Hall–Kier alpha value is -1.07. The maximum Gasteiger partial charge on any atom is 0.156 e. The Balaban J connectivity index is 1.74. The van der Waals surface area contributed by atoms with Gasteiger partial charge in [0.2, 0.25) is 0 Å². The molecule has 3 aliphatic rings. The topological polar surface area (TPSA) is 47.7 Å². The highest BCUT2D eigenvalue weighted by Gasteiger charge is 2.49. The summed E-state index contributed by atoms with van der Waals surface area (Å²) >= 11 is 0. The zero-order valence-corrected chi connectivity index (χ0v) is 16.6. The van der Waals surface area contributed by atoms with E-state index in [0.29, 0.717) is 18.9 Å². The van der Waals surface area contributed by atoms with E-state index in [-0.39, 0.29) is 12.3 Å². The average molecular weight is 367 g/mol. The molecule has 5 heteroatoms. The van der Waals surface area contributed by atoms with Gasteiger partial charge in [-0.15, -0.1) is 0 Å². The zero-order chi connectivity index (χ0) is 18.7. The van der Waals surface area contributed by atoms with Crippen LogP contribution >= 0.6 is 0 Å². The second-order valence-corrected chi connectivity index (χ2v) is 8.58. The van der Waals surface area contributed by atoms with E-state index in [1.165, 1.54) is 18.4 Å². The molecule has 3 rings (SSSR count). The number of ether oxygens (including phenoxy) is 2. The van der Waals surface area contributed by atoms with Crippen LogP contribution in [0.1, 0.15) is 52.4 Å². The van der Waals surface area contributed by atoms with Crippen molar-refractivity contribution in [1.29, 1.82) is 0 Å². The van der Waals surface area contributed by atoms with Gasteiger partial charge in [-0.05, 0) is 43.6 Å². The predicted octanol–water partition coefficient (Wildman–Crippen LogP) is 3.98. The molecule has 2 N–H and O–H groups in total. The molecular weight excluding hydrogens is 331 g/mol. The molecule has 2 heterocycles. The Labute approximate surface area is 157 Å². The minimum Gasteiger partial charge on any atom is -0.497 e. The van der Waals surface area contributed by atoms with Gasteiger partial charge < -0.3 is 15.2 Å². The summed E-state index contributed by atoms with van der Waals surface area (Å²) in [6.45, 7) is 6.79. The van der Waals surface area contributed by atoms with E-state index in [1.54, 1.807) is 7.11 Å². The fourth-order valence-corrected chi connectivity index (χ4v) is 5.04. The third kappa shape index (κ3) is 3.94. The van der Waals surface area contributed by atoms with Crippen molar-refractivity contribution in [2.45, 2.75) is 58.0 Å². The molecule has 26 heavy (non-hydrogen) atoms. The van der Waals surface area contributed by atoms with E-state index in [4.69, 9.17) is 15.2 Å². The highest BCUT2D eigenvalue weighted by atomic mass is 19.1. The highest BCUT2D eigenvalue weighted by Crippen LogP contribution is 2.47. The normalized spacial score (nSPS) is 32.2. The first-order valence-electron chi connectivity index (χ1n) is 10.2. The number of nitrogens with zero attached hydrogens (tertiary/aromatic N) is 1. The molecule has 3 atom stereocenters. The fraction of sp³-hybridized carbons (Fsp3) is 0.810. The first-order valence-corrected chi connectivity index (χ1v) is 10.2. The quantitative estimate of drug-likeness (QED) is 0.692. The Morgan fingerprint density at radius 3 is 2.92 bits per heavy atom. The summed E-state index contributed by atoms with van der Waals surface area (Å²) in [5.41, 5.74) is 8.12. The number of nitrogens with two attached hydrogens (primary N) is 1. The SMILES string of the molecule is COC1=C(OCCCF)C=C2CCN3C[C@@H](CC(C)C)CC[C@]3(N)C2C1. The second kappa shape index (κ2) is 8.30. The summed E-state index contributed by atoms with van der Waals surface area (Å²) in [7, 11) is 1.69. The van der Waals surface area contributed by atoms with E-state index in [0.717, 1.165) is 55.7 Å². The van der Waals surface area contributed by atoms with Gasteiger partial charge in [0.05, 0.1) is 26.1 Å². The molecule has 4 nitrogen and oxygen atoms in total. The number of piperidine rings is 2. The van der Waals surface area contributed by atoms with Gasteiger partial charge in [0, 0.05) is 31.8 Å². The van der Waals surface area contributed by atoms with E-state index < -0.39 is 0 Å². The van der Waals surface area contributed by atoms with Crippen LogP contribution in [0.3, 0.4) is 0 Å². The van der Waals surface area contributed by atoms with Crippen molar-refractivity contribution >= 4 is 0 Å². The molecule has 0 aromatic carbocycles. The van der Waals surface area contributed by atoms with Crippen LogP contribution < -0.4 is 5.73 Å². The van der Waals surface area contributed by atoms with Gasteiger partial charge in [0.15, 0.2) is 5.76 Å². The monoisotopic (exact) mass is 366 g/mol. The summed E-state index contributed by atoms with van der Waals surface area (Å²) < 4.78 is 23.8. The first kappa shape index (κ1) is 19.7. The maximum absolute atomic E-state index is 12.4. The van der Waals surface area contributed by atoms with Gasteiger partial charge in [-0.2, -0.15) is 0 Å². The number of hydrogen-bond acceptors (Lipinski definition) is 4. The highest BCUT2D eigenvalue weighted by molar-refractivity contribution is 5.33. The van der Waals surface area contributed by atoms with E-state index >= 15 is 0 Å². The molecule has 0 spiro atoms. The molecule has 0 radical (unpaired) electrons. The number of hydrogen-bond donors (Lipinski definition) is 1. The molecule has 2 fully saturated rings. The molecule has 0 aromatic heterocycles. The second-order valence-electron chi connectivity index (χ2n) is 8.58. The van der Waals surface area contributed by atoms with E-state index in [1.807, 2.05) is 0 Å². The number of fused-ring (bicyclic) bond motifs is 3. The molecule has 1 aliphatic carbocycles. The zero-order valence-electron chi connectivity index (χ0n) is 16.6. The number of alkyl halides is 1. The average Bonchev–Trinajstić information content (AvgIpc) is 2.61. The van der Waals surface area contributed by atoms with Gasteiger partial charge in [-0.1, -0.05) is 19.4 Å². The van der Waals surface area contributed by atoms with E-state index in [9.17, 15) is 4.39 Å². The molecule has 0 bridgehead atoms. The maximum atomic E-state index is 12.4. The van der Waals surface area contributed by atoms with Crippen LogP contribution in [0.25, 0.3) is 0 Å². The van der Waals surface area contributed by atoms with Crippen LogP contribution in [0, 0.1) is 17.8 Å². The Morgan fingerprint density at radius 2 is 2.23 bits per heavy atom. The molecule has 148 valence electrons. The lowest BCUT2D eigenvalue weighted by Crippen LogP contribution is -2.67. The lowest BCUT2D eigenvalue weighted by Gasteiger charge is -2.56. The Morgan fingerprint density at radius 1 is 1.42 bits per heavy atom. The van der Waals surface area contributed by atoms with Gasteiger partial charge >= 0.3 is 0 Å². The number of halogens is 1. The van der Waals surface area contributed by atoms with Crippen molar-refractivity contribution in [3.05, 3.63) is 23.2 Å². The molecule has 0 saturated carbocycles. The molecule has 2 aliphatic heterocycles. The molecule has 2 saturated heterocycles. The third-order valence-electron chi connectivity index (χ3n) is 6.31. The minimum atomic E-state index is -0.354. The summed E-state index contributed by atoms with van der Waals surface area (Å²) in [6, 6.07) is 0. The lowest BCUT2D eigenvalue weighted by molar-refractivity contribution is -0.0365. The van der Waals surface area contributed by atoms with Crippen LogP contribution in [0.15, 0.2) is 23.2 Å². The van der Waals surface area contributed by atoms with Gasteiger partial charge in [-0.3, -0.25) is 9.29 Å². The summed E-state index contributed by atoms with van der Waals surface area (Å²) in [5, 5.41) is 0. The van der Waals surface area contributed by atoms with Gasteiger partial charge in [0.1, 0.15) is 5.76 Å². The summed E-state index contributed by atoms with van der Waals surface area (Å²) in [6.07, 6.45) is 7.90. The van der Waals surface area contributed by atoms with Crippen molar-refractivity contribution in [2.24, 2.45) is 23.5 Å². The molecule has 0 amide bonds. The largest absolute Gasteiger partial charge is 0.497 e. The van der Waals surface area contributed by atoms with Crippen molar-refractivity contribution in [3.63, 3.8) is 0 Å². The van der Waals surface area contributed by atoms with Crippen LogP contribution in [-0.2, 0) is 9.47 Å². The van der Waals surface area contributed by atoms with Crippen LogP contribution in [0.5, 0.6) is 0 Å². The summed E-state index contributed by atoms with van der Waals surface area (Å²) in [4.78, 5) is 2.54. The van der Waals surface area contributed by atoms with Gasteiger partial charge in [0.25, 0.3) is 0 Å². The third-order valence-corrected chi connectivity index (χ3v) is 6.31. The number of allylic oxidation sites excluding steroid dienone is 2. The van der Waals surface area contributed by atoms with Crippen molar-refractivity contribution in [3.8, 4) is 0 Å². The number of rotatable bonds is 7. The van der Waals surface area contributed by atoms with Crippen molar-refractivity contribution in [2.75, 3.05) is 33.5 Å². The van der Waals surface area contributed by atoms with Crippen LogP contribution in [0.2, 0.25) is 0 Å². The van der Waals surface area contributed by atoms with E-state index in [2.05, 4.69) is 24.8 Å². The molecular formula is C21H35FN2O2. The fourth-order valence-electron chi connectivity index (χ4n) is 5.04. The van der Waals surface area contributed by atoms with Crippen LogP contribution in [-0.4, -0.2) is 44.0 Å². The molecule has 0 aromatic rings. The Bertz CT molecular complexity index is 560. The standard InChI is InChI=1S/C21H35FN2O2/c1-15(2)11-16-5-7-21(23)18-13-19(25-3)20(26-10-4-8-22)12-17(18)6-9-24(21)14-16/h12,15-16,18H,4-11,13-14,23H2,1-3H3/t16-,18?,21-/m1/s1. The smallest absolute Gasteiger partial charge is 0.156 e. The summed E-state index contributed by atoms with van der Waals surface area (Å²) in [5.74, 6) is 3.43. The minimum absolute atomic E-state index is 0.272. The van der Waals surface area contributed by atoms with Gasteiger partial charge in [-0.25, -0.2) is 0 Å². The molecule has 1 unspecified atom stereocenters. The van der Waals surface area contributed by atoms with Crippen molar-refractivity contribution in [1.82, 2.24) is 4.90 Å². The number of methoxy groups -OCH3 is 1.